The molecular formula is C26H28BrFN4O2S. The highest BCUT2D eigenvalue weighted by molar-refractivity contribution is 9.10. The van der Waals surface area contributed by atoms with E-state index in [-0.39, 0.29) is 18.2 Å². The van der Waals surface area contributed by atoms with Crippen molar-refractivity contribution in [2.75, 3.05) is 12.8 Å². The summed E-state index contributed by atoms with van der Waals surface area (Å²) < 4.78 is 23.9. The van der Waals surface area contributed by atoms with Crippen molar-refractivity contribution in [3.63, 3.8) is 0 Å². The lowest BCUT2D eigenvalue weighted by molar-refractivity contribution is 0.0210. The fraction of sp³-hybridized carbons (Fsp3) is 0.500. The molecule has 1 amide bonds. The number of nitrogens with zero attached hydrogens (tertiary/aromatic N) is 4. The molecule has 1 aliphatic carbocycles. The molecule has 3 atom stereocenters. The smallest absolute Gasteiger partial charge is 0.410 e. The second-order valence-electron chi connectivity index (χ2n) is 10.4. The summed E-state index contributed by atoms with van der Waals surface area (Å²) in [7, 11) is 0. The summed E-state index contributed by atoms with van der Waals surface area (Å²) in [6, 6.07) is 6.40. The van der Waals surface area contributed by atoms with Crippen molar-refractivity contribution in [1.82, 2.24) is 14.5 Å². The van der Waals surface area contributed by atoms with Gasteiger partial charge in [-0.2, -0.15) is 5.26 Å². The number of carbonyl (C=O) groups is 1. The Kier molecular flexibility index (Phi) is 6.04. The third kappa shape index (κ3) is 3.89. The van der Waals surface area contributed by atoms with Gasteiger partial charge < -0.3 is 14.2 Å². The average molecular weight is 560 g/mol. The van der Waals surface area contributed by atoms with Crippen LogP contribution in [-0.4, -0.2) is 45.0 Å². The number of hydrogen-bond acceptors (Lipinski definition) is 5. The summed E-state index contributed by atoms with van der Waals surface area (Å²) in [6.45, 7) is 8.37. The van der Waals surface area contributed by atoms with E-state index in [2.05, 4.69) is 39.6 Å². The number of pyridine rings is 1. The molecule has 0 spiro atoms. The van der Waals surface area contributed by atoms with Crippen molar-refractivity contribution in [2.45, 2.75) is 69.7 Å². The van der Waals surface area contributed by atoms with Gasteiger partial charge in [0.05, 0.1) is 28.1 Å². The predicted molar refractivity (Wildman–Crippen MR) is 139 cm³/mol. The normalized spacial score (nSPS) is 21.4. The molecule has 9 heteroatoms. The highest BCUT2D eigenvalue weighted by atomic mass is 79.9. The van der Waals surface area contributed by atoms with Crippen molar-refractivity contribution >= 4 is 55.6 Å². The third-order valence-corrected chi connectivity index (χ3v) is 8.62. The monoisotopic (exact) mass is 558 g/mol. The number of nitriles is 1. The molecule has 3 fully saturated rings. The number of ether oxygens (including phenoxy) is 1. The second-order valence-corrected chi connectivity index (χ2v) is 12.0. The zero-order valence-corrected chi connectivity index (χ0v) is 22.9. The minimum absolute atomic E-state index is 0.0449. The van der Waals surface area contributed by atoms with Crippen LogP contribution in [0.25, 0.3) is 21.8 Å². The van der Waals surface area contributed by atoms with Gasteiger partial charge in [0.1, 0.15) is 16.1 Å². The molecule has 1 aromatic carbocycles. The van der Waals surface area contributed by atoms with Gasteiger partial charge in [0.15, 0.2) is 5.82 Å². The van der Waals surface area contributed by atoms with Crippen molar-refractivity contribution in [3.8, 4) is 6.07 Å². The molecule has 2 aromatic heterocycles. The van der Waals surface area contributed by atoms with Gasteiger partial charge in [0.25, 0.3) is 0 Å². The Balaban J connectivity index is 1.68. The molecular weight excluding hydrogens is 531 g/mol. The molecule has 4 heterocycles. The molecule has 35 heavy (non-hydrogen) atoms. The van der Waals surface area contributed by atoms with E-state index < -0.39 is 11.4 Å². The number of thioether (sulfide) groups is 1. The summed E-state index contributed by atoms with van der Waals surface area (Å²) >= 11 is 4.90. The standard InChI is InChI=1S/C26H28BrFN4O2S/c1-13-9-17-23(32(13)22-15-11-18(22)31(12-15)25(33)34-26(2,3)4)16-10-14(7-6-8-29)19(27)20(28)21(16)30-24(17)35-5/h9-10,15,18,22H,6-7,11-12H2,1-5H3/t15-,18-,22+/m1/s1. The molecule has 3 aliphatic rings. The number of halogens is 2. The first kappa shape index (κ1) is 24.4. The Morgan fingerprint density at radius 1 is 1.37 bits per heavy atom. The van der Waals surface area contributed by atoms with Crippen LogP contribution < -0.4 is 0 Å². The summed E-state index contributed by atoms with van der Waals surface area (Å²) in [5, 5.41) is 11.6. The Hall–Kier alpha value is -2.31. The molecule has 0 radical (unpaired) electrons. The van der Waals surface area contributed by atoms with Crippen LogP contribution in [0.5, 0.6) is 0 Å². The van der Waals surface area contributed by atoms with Gasteiger partial charge in [0, 0.05) is 35.3 Å². The number of aromatic nitrogens is 2. The fourth-order valence-electron chi connectivity index (χ4n) is 5.63. The van der Waals surface area contributed by atoms with E-state index in [4.69, 9.17) is 15.0 Å². The van der Waals surface area contributed by atoms with Crippen LogP contribution in [0.1, 0.15) is 50.9 Å². The lowest BCUT2D eigenvalue weighted by Gasteiger charge is -2.39. The zero-order chi connectivity index (χ0) is 25.2. The third-order valence-electron chi connectivity index (χ3n) is 7.06. The first-order chi connectivity index (χ1) is 16.6. The largest absolute Gasteiger partial charge is 0.444 e. The minimum Gasteiger partial charge on any atom is -0.444 e. The quantitative estimate of drug-likeness (QED) is 0.331. The van der Waals surface area contributed by atoms with Crippen LogP contribution >= 0.6 is 27.7 Å². The van der Waals surface area contributed by atoms with E-state index in [0.717, 1.165) is 39.0 Å². The second kappa shape index (κ2) is 8.67. The molecule has 2 bridgehead atoms. The van der Waals surface area contributed by atoms with Crippen LogP contribution in [0.15, 0.2) is 21.6 Å². The van der Waals surface area contributed by atoms with Gasteiger partial charge in [-0.05, 0) is 80.4 Å². The van der Waals surface area contributed by atoms with Crippen LogP contribution in [-0.2, 0) is 11.2 Å². The Bertz CT molecular complexity index is 1410. The van der Waals surface area contributed by atoms with Gasteiger partial charge in [-0.3, -0.25) is 0 Å². The molecule has 184 valence electrons. The summed E-state index contributed by atoms with van der Waals surface area (Å²) in [5.74, 6) is -0.0777. The maximum Gasteiger partial charge on any atom is 0.410 e. The minimum atomic E-state index is -0.546. The lowest BCUT2D eigenvalue weighted by Crippen LogP contribution is -2.44. The SMILES string of the molecule is CSc1nc2c(F)c(Br)c(CCC#N)cc2c2c1cc(C)n2[C@H]1[C@@H]2C[C@H]1N(C(=O)OC(C)(C)C)C2. The van der Waals surface area contributed by atoms with Crippen molar-refractivity contribution in [1.29, 1.82) is 5.26 Å². The number of amides is 1. The number of rotatable bonds is 4. The van der Waals surface area contributed by atoms with E-state index >= 15 is 4.39 Å². The summed E-state index contributed by atoms with van der Waals surface area (Å²) in [6.07, 6.45) is 3.38. The van der Waals surface area contributed by atoms with Gasteiger partial charge in [-0.25, -0.2) is 14.2 Å². The Labute approximate surface area is 216 Å². The van der Waals surface area contributed by atoms with Gasteiger partial charge in [-0.15, -0.1) is 11.8 Å². The summed E-state index contributed by atoms with van der Waals surface area (Å²) in [5.41, 5.74) is 2.55. The Morgan fingerprint density at radius 3 is 2.77 bits per heavy atom. The lowest BCUT2D eigenvalue weighted by atomic mass is 9.79. The zero-order valence-electron chi connectivity index (χ0n) is 20.5. The van der Waals surface area contributed by atoms with Crippen molar-refractivity contribution < 1.29 is 13.9 Å². The maximum absolute atomic E-state index is 15.6. The Morgan fingerprint density at radius 2 is 2.11 bits per heavy atom. The number of benzene rings is 1. The van der Waals surface area contributed by atoms with E-state index in [1.165, 1.54) is 11.8 Å². The number of fused-ring (bicyclic) bond motifs is 4. The molecule has 3 aromatic rings. The molecule has 1 saturated carbocycles. The first-order valence-corrected chi connectivity index (χ1v) is 13.8. The van der Waals surface area contributed by atoms with Crippen molar-refractivity contribution in [3.05, 3.63) is 33.7 Å². The fourth-order valence-corrected chi connectivity index (χ4v) is 6.69. The first-order valence-electron chi connectivity index (χ1n) is 11.8. The number of hydrogen-bond donors (Lipinski definition) is 0. The van der Waals surface area contributed by atoms with Crippen LogP contribution in [0.4, 0.5) is 9.18 Å². The van der Waals surface area contributed by atoms with Crippen LogP contribution in [0.3, 0.4) is 0 Å². The predicted octanol–water partition coefficient (Wildman–Crippen LogP) is 6.76. The summed E-state index contributed by atoms with van der Waals surface area (Å²) in [4.78, 5) is 19.5. The van der Waals surface area contributed by atoms with Gasteiger partial charge in [-0.1, -0.05) is 0 Å². The number of aryl methyl sites for hydroxylation is 2. The molecule has 0 unspecified atom stereocenters. The highest BCUT2D eigenvalue weighted by Gasteiger charge is 2.56. The molecule has 2 saturated heterocycles. The van der Waals surface area contributed by atoms with Crippen molar-refractivity contribution in [2.24, 2.45) is 5.92 Å². The molecule has 0 N–H and O–H groups in total. The van der Waals surface area contributed by atoms with Gasteiger partial charge in [0.2, 0.25) is 0 Å². The number of carbonyl (C=O) groups excluding carboxylic acids is 1. The van der Waals surface area contributed by atoms with E-state index in [1.807, 2.05) is 38.0 Å². The van der Waals surface area contributed by atoms with Crippen LogP contribution in [0.2, 0.25) is 0 Å². The molecule has 2 aliphatic heterocycles. The van der Waals surface area contributed by atoms with Crippen LogP contribution in [0, 0.1) is 30.0 Å². The van der Waals surface area contributed by atoms with E-state index in [1.54, 1.807) is 0 Å². The maximum atomic E-state index is 15.6. The van der Waals surface area contributed by atoms with E-state index in [9.17, 15) is 4.79 Å². The van der Waals surface area contributed by atoms with E-state index in [0.29, 0.717) is 35.3 Å². The average Bonchev–Trinajstić information content (AvgIpc) is 3.46. The molecule has 6 rings (SSSR count). The molecule has 6 nitrogen and oxygen atoms in total. The highest BCUT2D eigenvalue weighted by Crippen LogP contribution is 2.52. The van der Waals surface area contributed by atoms with Gasteiger partial charge >= 0.3 is 6.09 Å². The topological polar surface area (TPSA) is 71.2 Å².